The average Bonchev–Trinajstić information content (AvgIpc) is 2.24. The number of rotatable bonds is 2. The molecule has 0 radical (unpaired) electrons. The summed E-state index contributed by atoms with van der Waals surface area (Å²) < 4.78 is 19.2. The van der Waals surface area contributed by atoms with Gasteiger partial charge in [-0.15, -0.1) is 0 Å². The molecule has 1 aromatic carbocycles. The fourth-order valence-corrected chi connectivity index (χ4v) is 2.08. The van der Waals surface area contributed by atoms with Gasteiger partial charge >= 0.3 is 0 Å². The van der Waals surface area contributed by atoms with E-state index in [0.717, 1.165) is 6.54 Å². The molecule has 0 unspecified atom stereocenters. The minimum atomic E-state index is -0.229. The van der Waals surface area contributed by atoms with Crippen LogP contribution in [0.2, 0.25) is 0 Å². The lowest BCUT2D eigenvalue weighted by Gasteiger charge is -2.42. The molecule has 1 aliphatic heterocycles. The van der Waals surface area contributed by atoms with Crippen molar-refractivity contribution in [1.82, 2.24) is 4.90 Å². The molecule has 1 aromatic rings. The number of nitrogen functional groups attached to an aromatic ring is 1. The third-order valence-electron chi connectivity index (χ3n) is 3.26. The zero-order chi connectivity index (χ0) is 12.5. The van der Waals surface area contributed by atoms with Gasteiger partial charge in [0, 0.05) is 29.9 Å². The molecule has 1 heterocycles. The quantitative estimate of drug-likeness (QED) is 0.801. The highest BCUT2D eigenvalue weighted by atomic mass is 19.1. The summed E-state index contributed by atoms with van der Waals surface area (Å²) in [5, 5.41) is 0. The number of nitrogens with zero attached hydrogens (tertiary/aromatic N) is 1. The summed E-state index contributed by atoms with van der Waals surface area (Å²) >= 11 is 0. The van der Waals surface area contributed by atoms with E-state index in [9.17, 15) is 4.39 Å². The van der Waals surface area contributed by atoms with Crippen LogP contribution >= 0.6 is 0 Å². The van der Waals surface area contributed by atoms with Gasteiger partial charge in [-0.2, -0.15) is 0 Å². The zero-order valence-corrected chi connectivity index (χ0v) is 10.4. The molecule has 3 nitrogen and oxygen atoms in total. The summed E-state index contributed by atoms with van der Waals surface area (Å²) in [7, 11) is 0. The Morgan fingerprint density at radius 1 is 1.47 bits per heavy atom. The molecular formula is C13H19FN2O. The van der Waals surface area contributed by atoms with Crippen molar-refractivity contribution in [2.45, 2.75) is 25.9 Å². The van der Waals surface area contributed by atoms with E-state index in [4.69, 9.17) is 10.5 Å². The molecule has 2 rings (SSSR count). The Labute approximate surface area is 101 Å². The number of morpholine rings is 1. The molecule has 0 aliphatic carbocycles. The number of ether oxygens (including phenoxy) is 1. The standard InChI is InChI=1S/C13H19FN2O/c1-13(2)9-17-6-5-16(13)8-10-3-4-11(15)7-12(10)14/h3-4,7H,5-6,8-9,15H2,1-2H3. The number of halogens is 1. The molecular weight excluding hydrogens is 219 g/mol. The molecule has 0 atom stereocenters. The summed E-state index contributed by atoms with van der Waals surface area (Å²) in [6.07, 6.45) is 0. The molecule has 0 amide bonds. The van der Waals surface area contributed by atoms with Crippen molar-refractivity contribution >= 4 is 5.69 Å². The minimum absolute atomic E-state index is 0.0495. The SMILES string of the molecule is CC1(C)COCCN1Cc1ccc(N)cc1F. The minimum Gasteiger partial charge on any atom is -0.399 e. The molecule has 0 bridgehead atoms. The molecule has 0 saturated carbocycles. The van der Waals surface area contributed by atoms with E-state index in [-0.39, 0.29) is 11.4 Å². The number of hydrogen-bond acceptors (Lipinski definition) is 3. The third-order valence-corrected chi connectivity index (χ3v) is 3.26. The average molecular weight is 238 g/mol. The van der Waals surface area contributed by atoms with Crippen LogP contribution < -0.4 is 5.73 Å². The van der Waals surface area contributed by atoms with E-state index in [2.05, 4.69) is 18.7 Å². The molecule has 17 heavy (non-hydrogen) atoms. The maximum absolute atomic E-state index is 13.7. The molecule has 4 heteroatoms. The Balaban J connectivity index is 2.14. The first kappa shape index (κ1) is 12.3. The highest BCUT2D eigenvalue weighted by molar-refractivity contribution is 5.40. The van der Waals surface area contributed by atoms with Crippen LogP contribution in [0.15, 0.2) is 18.2 Å². The van der Waals surface area contributed by atoms with Crippen molar-refractivity contribution in [3.8, 4) is 0 Å². The van der Waals surface area contributed by atoms with E-state index in [1.54, 1.807) is 12.1 Å². The second-order valence-electron chi connectivity index (χ2n) is 5.14. The third kappa shape index (κ3) is 2.76. The van der Waals surface area contributed by atoms with Gasteiger partial charge in [-0.1, -0.05) is 6.07 Å². The Kier molecular flexibility index (Phi) is 3.35. The molecule has 0 spiro atoms. The van der Waals surface area contributed by atoms with Crippen LogP contribution in [0, 0.1) is 5.82 Å². The summed E-state index contributed by atoms with van der Waals surface area (Å²) in [6.45, 7) is 7.05. The van der Waals surface area contributed by atoms with Crippen LogP contribution in [-0.4, -0.2) is 30.2 Å². The predicted molar refractivity (Wildman–Crippen MR) is 66.1 cm³/mol. The van der Waals surface area contributed by atoms with Gasteiger partial charge in [0.2, 0.25) is 0 Å². The van der Waals surface area contributed by atoms with Crippen LogP contribution in [0.3, 0.4) is 0 Å². The Bertz CT molecular complexity index is 406. The fraction of sp³-hybridized carbons (Fsp3) is 0.538. The van der Waals surface area contributed by atoms with E-state index < -0.39 is 0 Å². The van der Waals surface area contributed by atoms with Crippen molar-refractivity contribution in [3.05, 3.63) is 29.6 Å². The van der Waals surface area contributed by atoms with Crippen molar-refractivity contribution in [1.29, 1.82) is 0 Å². The summed E-state index contributed by atoms with van der Waals surface area (Å²) in [6, 6.07) is 4.88. The van der Waals surface area contributed by atoms with Crippen molar-refractivity contribution in [3.63, 3.8) is 0 Å². The molecule has 1 aliphatic rings. The zero-order valence-electron chi connectivity index (χ0n) is 10.4. The van der Waals surface area contributed by atoms with Gasteiger partial charge in [-0.05, 0) is 26.0 Å². The number of anilines is 1. The molecule has 1 saturated heterocycles. The van der Waals surface area contributed by atoms with Crippen LogP contribution in [0.4, 0.5) is 10.1 Å². The molecule has 1 fully saturated rings. The van der Waals surface area contributed by atoms with Crippen molar-refractivity contribution in [2.75, 3.05) is 25.5 Å². The maximum atomic E-state index is 13.7. The summed E-state index contributed by atoms with van der Waals surface area (Å²) in [5.74, 6) is -0.229. The van der Waals surface area contributed by atoms with E-state index in [1.165, 1.54) is 6.07 Å². The normalized spacial score (nSPS) is 20.4. The molecule has 0 aromatic heterocycles. The highest BCUT2D eigenvalue weighted by Gasteiger charge is 2.30. The lowest BCUT2D eigenvalue weighted by molar-refractivity contribution is -0.0556. The van der Waals surface area contributed by atoms with E-state index >= 15 is 0 Å². The van der Waals surface area contributed by atoms with Gasteiger partial charge in [0.25, 0.3) is 0 Å². The van der Waals surface area contributed by atoms with Gasteiger partial charge in [-0.3, -0.25) is 4.90 Å². The lowest BCUT2D eigenvalue weighted by atomic mass is 10.0. The van der Waals surface area contributed by atoms with E-state index in [1.807, 2.05) is 0 Å². The van der Waals surface area contributed by atoms with Crippen molar-refractivity contribution in [2.24, 2.45) is 0 Å². The van der Waals surface area contributed by atoms with E-state index in [0.29, 0.717) is 31.0 Å². The Hall–Kier alpha value is -1.13. The smallest absolute Gasteiger partial charge is 0.129 e. The number of hydrogen-bond donors (Lipinski definition) is 1. The maximum Gasteiger partial charge on any atom is 0.129 e. The van der Waals surface area contributed by atoms with Crippen LogP contribution in [-0.2, 0) is 11.3 Å². The highest BCUT2D eigenvalue weighted by Crippen LogP contribution is 2.23. The second-order valence-corrected chi connectivity index (χ2v) is 5.14. The van der Waals surface area contributed by atoms with Gasteiger partial charge in [-0.25, -0.2) is 4.39 Å². The van der Waals surface area contributed by atoms with Gasteiger partial charge in [0.1, 0.15) is 5.82 Å². The van der Waals surface area contributed by atoms with Gasteiger partial charge in [0.05, 0.1) is 13.2 Å². The van der Waals surface area contributed by atoms with Crippen LogP contribution in [0.25, 0.3) is 0 Å². The summed E-state index contributed by atoms with van der Waals surface area (Å²) in [5.41, 5.74) is 6.65. The fourth-order valence-electron chi connectivity index (χ4n) is 2.08. The van der Waals surface area contributed by atoms with Crippen LogP contribution in [0.5, 0.6) is 0 Å². The first-order chi connectivity index (χ1) is 7.99. The van der Waals surface area contributed by atoms with Gasteiger partial charge in [0.15, 0.2) is 0 Å². The molecule has 94 valence electrons. The topological polar surface area (TPSA) is 38.5 Å². The lowest BCUT2D eigenvalue weighted by Crippen LogP contribution is -2.52. The monoisotopic (exact) mass is 238 g/mol. The Morgan fingerprint density at radius 3 is 2.88 bits per heavy atom. The first-order valence-electron chi connectivity index (χ1n) is 5.86. The second kappa shape index (κ2) is 4.63. The largest absolute Gasteiger partial charge is 0.399 e. The summed E-state index contributed by atoms with van der Waals surface area (Å²) in [4.78, 5) is 2.24. The Morgan fingerprint density at radius 2 is 2.24 bits per heavy atom. The number of benzene rings is 1. The van der Waals surface area contributed by atoms with Crippen molar-refractivity contribution < 1.29 is 9.13 Å². The predicted octanol–water partition coefficient (Wildman–Crippen LogP) is 2.02. The first-order valence-corrected chi connectivity index (χ1v) is 5.86. The van der Waals surface area contributed by atoms with Gasteiger partial charge < -0.3 is 10.5 Å². The van der Waals surface area contributed by atoms with Crippen LogP contribution in [0.1, 0.15) is 19.4 Å². The number of nitrogens with two attached hydrogens (primary N) is 1. The molecule has 2 N–H and O–H groups in total.